The van der Waals surface area contributed by atoms with Gasteiger partial charge in [0.15, 0.2) is 5.78 Å². The van der Waals surface area contributed by atoms with Crippen molar-refractivity contribution < 1.29 is 22.7 Å². The van der Waals surface area contributed by atoms with E-state index in [-0.39, 0.29) is 13.0 Å². The van der Waals surface area contributed by atoms with Crippen molar-refractivity contribution in [2.45, 2.75) is 31.9 Å². The average Bonchev–Trinajstić information content (AvgIpc) is 2.17. The third-order valence-corrected chi connectivity index (χ3v) is 2.89. The molecule has 88 valence electrons. The Kier molecular flexibility index (Phi) is 4.13. The van der Waals surface area contributed by atoms with Crippen LogP contribution in [0, 0.1) is 11.8 Å². The molecule has 1 aliphatic carbocycles. The van der Waals surface area contributed by atoms with Gasteiger partial charge in [-0.1, -0.05) is 12.8 Å². The van der Waals surface area contributed by atoms with Crippen LogP contribution in [0.4, 0.5) is 13.2 Å². The molecular formula is C10H15F3O2. The summed E-state index contributed by atoms with van der Waals surface area (Å²) in [6.07, 6.45) is -2.59. The maximum Gasteiger partial charge on any atom is 0.392 e. The van der Waals surface area contributed by atoms with Gasteiger partial charge in [-0.05, 0) is 12.8 Å². The maximum absolute atomic E-state index is 12.6. The van der Waals surface area contributed by atoms with Crippen LogP contribution >= 0.6 is 0 Å². The predicted octanol–water partition coefficient (Wildman–Crippen LogP) is 2.57. The number of carbonyl (C=O) groups excluding carboxylic acids is 1. The SMILES string of the molecule is COCC(=O)C1CCCCC1C(F)(F)F. The third-order valence-electron chi connectivity index (χ3n) is 2.89. The minimum absolute atomic E-state index is 0.0730. The van der Waals surface area contributed by atoms with Gasteiger partial charge in [-0.2, -0.15) is 13.2 Å². The Morgan fingerprint density at radius 1 is 1.33 bits per heavy atom. The lowest BCUT2D eigenvalue weighted by Crippen LogP contribution is -2.38. The van der Waals surface area contributed by atoms with E-state index < -0.39 is 23.8 Å². The van der Waals surface area contributed by atoms with Crippen LogP contribution in [-0.2, 0) is 9.53 Å². The van der Waals surface area contributed by atoms with E-state index in [1.54, 1.807) is 0 Å². The maximum atomic E-state index is 12.6. The summed E-state index contributed by atoms with van der Waals surface area (Å²) < 4.78 is 42.4. The summed E-state index contributed by atoms with van der Waals surface area (Å²) in [4.78, 5) is 11.4. The van der Waals surface area contributed by atoms with E-state index >= 15 is 0 Å². The van der Waals surface area contributed by atoms with E-state index in [1.165, 1.54) is 7.11 Å². The summed E-state index contributed by atoms with van der Waals surface area (Å²) in [7, 11) is 1.32. The minimum atomic E-state index is -4.26. The molecule has 1 fully saturated rings. The lowest BCUT2D eigenvalue weighted by Gasteiger charge is -2.31. The zero-order chi connectivity index (χ0) is 11.5. The number of carbonyl (C=O) groups is 1. The Balaban J connectivity index is 2.70. The summed E-state index contributed by atoms with van der Waals surface area (Å²) >= 11 is 0. The number of hydrogen-bond acceptors (Lipinski definition) is 2. The Morgan fingerprint density at radius 2 is 1.93 bits per heavy atom. The topological polar surface area (TPSA) is 26.3 Å². The van der Waals surface area contributed by atoms with Gasteiger partial charge < -0.3 is 4.74 Å². The fraction of sp³-hybridized carbons (Fsp3) is 0.900. The number of Topliss-reactive ketones (excluding diaryl/α,β-unsaturated/α-hetero) is 1. The van der Waals surface area contributed by atoms with E-state index in [2.05, 4.69) is 4.74 Å². The zero-order valence-electron chi connectivity index (χ0n) is 8.64. The molecule has 1 saturated carbocycles. The first-order valence-electron chi connectivity index (χ1n) is 5.05. The van der Waals surface area contributed by atoms with Gasteiger partial charge in [0.25, 0.3) is 0 Å². The van der Waals surface area contributed by atoms with Gasteiger partial charge in [0.05, 0.1) is 5.92 Å². The van der Waals surface area contributed by atoms with Gasteiger partial charge in [0.2, 0.25) is 0 Å². The minimum Gasteiger partial charge on any atom is -0.377 e. The standard InChI is InChI=1S/C10H15F3O2/c1-15-6-9(14)7-4-2-3-5-8(7)10(11,12)13/h7-8H,2-6H2,1H3. The van der Waals surface area contributed by atoms with Crippen LogP contribution in [0.5, 0.6) is 0 Å². The Bertz CT molecular complexity index is 225. The molecule has 0 aromatic rings. The van der Waals surface area contributed by atoms with Crippen molar-refractivity contribution in [1.29, 1.82) is 0 Å². The van der Waals surface area contributed by atoms with Crippen LogP contribution in [0.2, 0.25) is 0 Å². The van der Waals surface area contributed by atoms with E-state index in [0.29, 0.717) is 19.3 Å². The van der Waals surface area contributed by atoms with Gasteiger partial charge in [-0.3, -0.25) is 4.79 Å². The number of alkyl halides is 3. The monoisotopic (exact) mass is 224 g/mol. The van der Waals surface area contributed by atoms with E-state index in [9.17, 15) is 18.0 Å². The molecule has 0 aromatic heterocycles. The van der Waals surface area contributed by atoms with Crippen LogP contribution in [0.25, 0.3) is 0 Å². The summed E-state index contributed by atoms with van der Waals surface area (Å²) in [5.74, 6) is -2.77. The molecule has 0 aromatic carbocycles. The van der Waals surface area contributed by atoms with Crippen molar-refractivity contribution in [3.63, 3.8) is 0 Å². The Labute approximate surface area is 86.8 Å². The van der Waals surface area contributed by atoms with Crippen LogP contribution in [0.3, 0.4) is 0 Å². The second-order valence-electron chi connectivity index (χ2n) is 3.94. The van der Waals surface area contributed by atoms with Crippen molar-refractivity contribution in [2.24, 2.45) is 11.8 Å². The normalized spacial score (nSPS) is 27.7. The first-order valence-corrected chi connectivity index (χ1v) is 5.05. The molecule has 0 spiro atoms. The fourth-order valence-corrected chi connectivity index (χ4v) is 2.16. The second kappa shape index (κ2) is 4.96. The van der Waals surface area contributed by atoms with Crippen LogP contribution in [0.1, 0.15) is 25.7 Å². The molecule has 2 nitrogen and oxygen atoms in total. The third kappa shape index (κ3) is 3.19. The summed E-state index contributed by atoms with van der Waals surface area (Å²) in [6, 6.07) is 0. The molecule has 5 heteroatoms. The average molecular weight is 224 g/mol. The number of halogens is 3. The van der Waals surface area contributed by atoms with Crippen molar-refractivity contribution in [3.05, 3.63) is 0 Å². The van der Waals surface area contributed by atoms with Crippen LogP contribution in [0.15, 0.2) is 0 Å². The summed E-state index contributed by atoms with van der Waals surface area (Å²) in [6.45, 7) is -0.211. The second-order valence-corrected chi connectivity index (χ2v) is 3.94. The number of rotatable bonds is 3. The number of ether oxygens (including phenoxy) is 1. The van der Waals surface area contributed by atoms with Gasteiger partial charge in [-0.25, -0.2) is 0 Å². The first kappa shape index (κ1) is 12.5. The molecular weight excluding hydrogens is 209 g/mol. The summed E-state index contributed by atoms with van der Waals surface area (Å²) in [5.41, 5.74) is 0. The highest BCUT2D eigenvalue weighted by Gasteiger charge is 2.47. The molecule has 0 saturated heterocycles. The van der Waals surface area contributed by atoms with E-state index in [1.807, 2.05) is 0 Å². The zero-order valence-corrected chi connectivity index (χ0v) is 8.64. The van der Waals surface area contributed by atoms with E-state index in [0.717, 1.165) is 0 Å². The largest absolute Gasteiger partial charge is 0.392 e. The van der Waals surface area contributed by atoms with E-state index in [4.69, 9.17) is 0 Å². The van der Waals surface area contributed by atoms with Crippen molar-refractivity contribution in [2.75, 3.05) is 13.7 Å². The highest BCUT2D eigenvalue weighted by Crippen LogP contribution is 2.41. The molecule has 0 amide bonds. The number of ketones is 1. The first-order chi connectivity index (χ1) is 6.96. The molecule has 2 atom stereocenters. The lowest BCUT2D eigenvalue weighted by atomic mass is 9.76. The molecule has 1 aliphatic rings. The Morgan fingerprint density at radius 3 is 2.47 bits per heavy atom. The fourth-order valence-electron chi connectivity index (χ4n) is 2.16. The lowest BCUT2D eigenvalue weighted by molar-refractivity contribution is -0.198. The summed E-state index contributed by atoms with van der Waals surface area (Å²) in [5, 5.41) is 0. The van der Waals surface area contributed by atoms with Crippen molar-refractivity contribution in [3.8, 4) is 0 Å². The predicted molar refractivity (Wildman–Crippen MR) is 48.4 cm³/mol. The quantitative estimate of drug-likeness (QED) is 0.736. The molecule has 0 radical (unpaired) electrons. The number of methoxy groups -OCH3 is 1. The van der Waals surface area contributed by atoms with Crippen molar-refractivity contribution in [1.82, 2.24) is 0 Å². The van der Waals surface area contributed by atoms with Crippen molar-refractivity contribution >= 4 is 5.78 Å². The Hall–Kier alpha value is -0.580. The van der Waals surface area contributed by atoms with Crippen LogP contribution in [-0.4, -0.2) is 25.7 Å². The molecule has 15 heavy (non-hydrogen) atoms. The van der Waals surface area contributed by atoms with Crippen LogP contribution < -0.4 is 0 Å². The van der Waals surface area contributed by atoms with Gasteiger partial charge in [0.1, 0.15) is 6.61 Å². The van der Waals surface area contributed by atoms with Gasteiger partial charge in [0, 0.05) is 13.0 Å². The van der Waals surface area contributed by atoms with Gasteiger partial charge in [-0.15, -0.1) is 0 Å². The molecule has 0 N–H and O–H groups in total. The van der Waals surface area contributed by atoms with Gasteiger partial charge >= 0.3 is 6.18 Å². The molecule has 2 unspecified atom stereocenters. The highest BCUT2D eigenvalue weighted by molar-refractivity contribution is 5.82. The highest BCUT2D eigenvalue weighted by atomic mass is 19.4. The molecule has 1 rings (SSSR count). The molecule has 0 heterocycles. The smallest absolute Gasteiger partial charge is 0.377 e. The molecule has 0 aliphatic heterocycles. The number of hydrogen-bond donors (Lipinski definition) is 0. The molecule has 0 bridgehead atoms.